The van der Waals surface area contributed by atoms with Gasteiger partial charge in [-0.15, -0.1) is 0 Å². The molecule has 0 aliphatic heterocycles. The van der Waals surface area contributed by atoms with Crippen LogP contribution in [0.4, 0.5) is 0 Å². The molecule has 0 aliphatic carbocycles. The summed E-state index contributed by atoms with van der Waals surface area (Å²) in [6.07, 6.45) is 0. The summed E-state index contributed by atoms with van der Waals surface area (Å²) in [4.78, 5) is 12.4. The first-order valence-electron chi connectivity index (χ1n) is 5.78. The average molecular weight is 311 g/mol. The van der Waals surface area contributed by atoms with Crippen LogP contribution in [0.25, 0.3) is 0 Å². The van der Waals surface area contributed by atoms with Crippen molar-refractivity contribution in [2.24, 2.45) is 0 Å². The number of ether oxygens (including phenoxy) is 2. The normalized spacial score (nSPS) is 10.2. The van der Waals surface area contributed by atoms with Gasteiger partial charge in [-0.2, -0.15) is 0 Å². The van der Waals surface area contributed by atoms with Crippen LogP contribution in [0.5, 0.6) is 11.5 Å². The van der Waals surface area contributed by atoms with Crippen molar-refractivity contribution in [2.45, 2.75) is 0 Å². The van der Waals surface area contributed by atoms with E-state index >= 15 is 0 Å². The van der Waals surface area contributed by atoms with Gasteiger partial charge in [0.25, 0.3) is 0 Å². The van der Waals surface area contributed by atoms with Crippen molar-refractivity contribution in [1.82, 2.24) is 0 Å². The molecule has 0 radical (unpaired) electrons. The summed E-state index contributed by atoms with van der Waals surface area (Å²) in [5, 5.41) is 0.912. The Morgan fingerprint density at radius 3 is 1.60 bits per heavy atom. The van der Waals surface area contributed by atoms with Crippen molar-refractivity contribution >= 4 is 29.0 Å². The van der Waals surface area contributed by atoms with Crippen molar-refractivity contribution in [3.8, 4) is 11.5 Å². The predicted octanol–water partition coefficient (Wildman–Crippen LogP) is 4.24. The summed E-state index contributed by atoms with van der Waals surface area (Å²) in [5.74, 6) is 0.756. The number of hydrogen-bond acceptors (Lipinski definition) is 3. The molecule has 0 unspecified atom stereocenters. The molecule has 2 rings (SSSR count). The van der Waals surface area contributed by atoms with Gasteiger partial charge in [0.05, 0.1) is 24.3 Å². The van der Waals surface area contributed by atoms with E-state index in [2.05, 4.69) is 0 Å². The number of benzene rings is 2. The average Bonchev–Trinajstić information content (AvgIpc) is 2.47. The largest absolute Gasteiger partial charge is 0.495 e. The van der Waals surface area contributed by atoms with E-state index in [1.165, 1.54) is 14.2 Å². The Bertz CT molecular complexity index is 598. The van der Waals surface area contributed by atoms with E-state index in [4.69, 9.17) is 32.7 Å². The molecule has 0 aliphatic rings. The van der Waals surface area contributed by atoms with Gasteiger partial charge in [-0.05, 0) is 36.4 Å². The highest BCUT2D eigenvalue weighted by Gasteiger charge is 2.13. The van der Waals surface area contributed by atoms with Gasteiger partial charge in [-0.1, -0.05) is 23.2 Å². The van der Waals surface area contributed by atoms with Crippen molar-refractivity contribution in [2.75, 3.05) is 14.2 Å². The molecule has 0 bridgehead atoms. The van der Waals surface area contributed by atoms with Gasteiger partial charge < -0.3 is 9.47 Å². The van der Waals surface area contributed by atoms with Crippen molar-refractivity contribution in [1.29, 1.82) is 0 Å². The molecule has 3 nitrogen and oxygen atoms in total. The van der Waals surface area contributed by atoms with Crippen LogP contribution in [-0.2, 0) is 0 Å². The van der Waals surface area contributed by atoms with Crippen molar-refractivity contribution in [3.05, 3.63) is 57.6 Å². The van der Waals surface area contributed by atoms with Crippen LogP contribution >= 0.6 is 23.2 Å². The highest BCUT2D eigenvalue weighted by Crippen LogP contribution is 2.29. The van der Waals surface area contributed by atoms with Crippen molar-refractivity contribution in [3.63, 3.8) is 0 Å². The molecule has 104 valence electrons. The second kappa shape index (κ2) is 6.16. The lowest BCUT2D eigenvalue weighted by Crippen LogP contribution is -2.02. The number of ketones is 1. The zero-order valence-electron chi connectivity index (χ0n) is 10.9. The lowest BCUT2D eigenvalue weighted by Gasteiger charge is -2.08. The van der Waals surface area contributed by atoms with E-state index in [-0.39, 0.29) is 5.78 Å². The number of hydrogen-bond donors (Lipinski definition) is 0. The van der Waals surface area contributed by atoms with E-state index in [0.29, 0.717) is 32.7 Å². The third-order valence-corrected chi connectivity index (χ3v) is 3.45. The predicted molar refractivity (Wildman–Crippen MR) is 79.4 cm³/mol. The van der Waals surface area contributed by atoms with Crippen LogP contribution in [0.3, 0.4) is 0 Å². The Hall–Kier alpha value is -1.71. The van der Waals surface area contributed by atoms with Crippen LogP contribution in [0.15, 0.2) is 36.4 Å². The molecule has 20 heavy (non-hydrogen) atoms. The fraction of sp³-hybridized carbons (Fsp3) is 0.133. The highest BCUT2D eigenvalue weighted by molar-refractivity contribution is 6.32. The quantitative estimate of drug-likeness (QED) is 0.792. The first-order valence-corrected chi connectivity index (χ1v) is 6.54. The van der Waals surface area contributed by atoms with Crippen molar-refractivity contribution < 1.29 is 14.3 Å². The number of carbonyl (C=O) groups excluding carboxylic acids is 1. The minimum Gasteiger partial charge on any atom is -0.495 e. The molecule has 5 heteroatoms. The van der Waals surface area contributed by atoms with E-state index in [1.807, 2.05) is 0 Å². The fourth-order valence-electron chi connectivity index (χ4n) is 1.77. The number of carbonyl (C=O) groups is 1. The number of halogens is 2. The molecule has 0 atom stereocenters. The summed E-state index contributed by atoms with van der Waals surface area (Å²) in [5.41, 5.74) is 0.964. The second-order valence-electron chi connectivity index (χ2n) is 4.03. The van der Waals surface area contributed by atoms with Gasteiger partial charge in [-0.25, -0.2) is 0 Å². The van der Waals surface area contributed by atoms with Crippen LogP contribution in [0.2, 0.25) is 10.0 Å². The van der Waals surface area contributed by atoms with Gasteiger partial charge in [0.1, 0.15) is 11.5 Å². The summed E-state index contributed by atoms with van der Waals surface area (Å²) in [6, 6.07) is 9.75. The highest BCUT2D eigenvalue weighted by atomic mass is 35.5. The number of rotatable bonds is 4. The van der Waals surface area contributed by atoms with Gasteiger partial charge in [-0.3, -0.25) is 4.79 Å². The Morgan fingerprint density at radius 2 is 1.25 bits per heavy atom. The molecule has 0 aromatic heterocycles. The van der Waals surface area contributed by atoms with Crippen LogP contribution in [0.1, 0.15) is 15.9 Å². The smallest absolute Gasteiger partial charge is 0.193 e. The minimum absolute atomic E-state index is 0.157. The zero-order valence-corrected chi connectivity index (χ0v) is 12.5. The lowest BCUT2D eigenvalue weighted by atomic mass is 10.0. The second-order valence-corrected chi connectivity index (χ2v) is 4.84. The molecule has 0 spiro atoms. The Balaban J connectivity index is 2.41. The molecule has 0 saturated carbocycles. The fourth-order valence-corrected chi connectivity index (χ4v) is 2.16. The number of methoxy groups -OCH3 is 2. The third-order valence-electron chi connectivity index (χ3n) is 2.83. The molecular weight excluding hydrogens is 299 g/mol. The third kappa shape index (κ3) is 2.89. The lowest BCUT2D eigenvalue weighted by molar-refractivity contribution is 0.103. The minimum atomic E-state index is -0.157. The SMILES string of the molecule is COc1cc(C(=O)c2ccc(Cl)c(OC)c2)ccc1Cl. The van der Waals surface area contributed by atoms with E-state index < -0.39 is 0 Å². The van der Waals surface area contributed by atoms with Gasteiger partial charge >= 0.3 is 0 Å². The summed E-state index contributed by atoms with van der Waals surface area (Å²) in [6.45, 7) is 0. The summed E-state index contributed by atoms with van der Waals surface area (Å²) >= 11 is 11.9. The Kier molecular flexibility index (Phi) is 4.53. The maximum Gasteiger partial charge on any atom is 0.193 e. The Morgan fingerprint density at radius 1 is 0.850 bits per heavy atom. The van der Waals surface area contributed by atoms with E-state index in [0.717, 1.165) is 0 Å². The first-order chi connectivity index (χ1) is 9.56. The standard InChI is InChI=1S/C15H12Cl2O3/c1-19-13-7-9(3-5-11(13)16)15(18)10-4-6-12(17)14(8-10)20-2/h3-8H,1-2H3. The van der Waals surface area contributed by atoms with Crippen LogP contribution in [0, 0.1) is 0 Å². The van der Waals surface area contributed by atoms with Crippen LogP contribution in [-0.4, -0.2) is 20.0 Å². The first kappa shape index (κ1) is 14.7. The molecule has 0 fully saturated rings. The molecule has 2 aromatic rings. The topological polar surface area (TPSA) is 35.5 Å². The maximum absolute atomic E-state index is 12.4. The van der Waals surface area contributed by atoms with Crippen LogP contribution < -0.4 is 9.47 Å². The van der Waals surface area contributed by atoms with Gasteiger partial charge in [0.15, 0.2) is 5.78 Å². The van der Waals surface area contributed by atoms with E-state index in [9.17, 15) is 4.79 Å². The van der Waals surface area contributed by atoms with Gasteiger partial charge in [0, 0.05) is 11.1 Å². The molecule has 0 amide bonds. The molecular formula is C15H12Cl2O3. The maximum atomic E-state index is 12.4. The molecule has 0 saturated heterocycles. The Labute approximate surface area is 127 Å². The summed E-state index contributed by atoms with van der Waals surface area (Å²) in [7, 11) is 3.00. The summed E-state index contributed by atoms with van der Waals surface area (Å²) < 4.78 is 10.2. The monoisotopic (exact) mass is 310 g/mol. The van der Waals surface area contributed by atoms with E-state index in [1.54, 1.807) is 36.4 Å². The zero-order chi connectivity index (χ0) is 14.7. The molecule has 2 aromatic carbocycles. The molecule has 0 N–H and O–H groups in total. The molecule has 0 heterocycles. The van der Waals surface area contributed by atoms with Gasteiger partial charge in [0.2, 0.25) is 0 Å².